The van der Waals surface area contributed by atoms with Crippen molar-refractivity contribution < 1.29 is 27.6 Å². The van der Waals surface area contributed by atoms with E-state index < -0.39 is 20.9 Å². The summed E-state index contributed by atoms with van der Waals surface area (Å²) in [6, 6.07) is 14.6. The summed E-state index contributed by atoms with van der Waals surface area (Å²) in [4.78, 5) is 23.5. The highest BCUT2D eigenvalue weighted by atomic mass is 32.2. The number of carbonyl (C=O) groups excluding carboxylic acids is 1. The van der Waals surface area contributed by atoms with Crippen molar-refractivity contribution in [2.45, 2.75) is 11.8 Å². The average Bonchev–Trinajstić information content (AvgIpc) is 2.83. The third kappa shape index (κ3) is 4.79. The predicted octanol–water partition coefficient (Wildman–Crippen LogP) is 4.00. The van der Waals surface area contributed by atoms with Gasteiger partial charge < -0.3 is 14.8 Å². The number of nitrogens with zero attached hydrogens (tertiary/aromatic N) is 2. The quantitative estimate of drug-likeness (QED) is 0.377. The molecule has 10 nitrogen and oxygen atoms in total. The van der Waals surface area contributed by atoms with E-state index in [1.54, 1.807) is 31.2 Å². The second-order valence-corrected chi connectivity index (χ2v) is 9.19. The summed E-state index contributed by atoms with van der Waals surface area (Å²) in [6.45, 7) is 1.65. The van der Waals surface area contributed by atoms with E-state index in [-0.39, 0.29) is 27.6 Å². The summed E-state index contributed by atoms with van der Waals surface area (Å²) in [6.07, 6.45) is 0. The van der Waals surface area contributed by atoms with Crippen LogP contribution in [0.4, 0.5) is 17.1 Å². The van der Waals surface area contributed by atoms with Crippen LogP contribution in [0.5, 0.6) is 11.5 Å². The third-order valence-corrected chi connectivity index (χ3v) is 6.95. The molecule has 1 amide bonds. The molecule has 1 N–H and O–H groups in total. The summed E-state index contributed by atoms with van der Waals surface area (Å²) in [5.74, 6) is -0.0546. The van der Waals surface area contributed by atoms with E-state index in [4.69, 9.17) is 9.47 Å². The first kappa shape index (κ1) is 24.5. The first-order valence-electron chi connectivity index (χ1n) is 9.96. The lowest BCUT2D eigenvalue weighted by atomic mass is 10.1. The topological polar surface area (TPSA) is 128 Å². The Morgan fingerprint density at radius 1 is 1.00 bits per heavy atom. The van der Waals surface area contributed by atoms with Gasteiger partial charge in [0.2, 0.25) is 0 Å². The molecule has 0 aromatic heterocycles. The summed E-state index contributed by atoms with van der Waals surface area (Å²) >= 11 is 0. The van der Waals surface area contributed by atoms with Gasteiger partial charge in [-0.1, -0.05) is 18.2 Å². The zero-order chi connectivity index (χ0) is 25.0. The van der Waals surface area contributed by atoms with Crippen molar-refractivity contribution in [2.24, 2.45) is 0 Å². The normalized spacial score (nSPS) is 10.9. The molecule has 0 radical (unpaired) electrons. The van der Waals surface area contributed by atoms with Gasteiger partial charge in [-0.25, -0.2) is 8.42 Å². The SMILES string of the molecule is COc1ccc([N+](=O)[O-])cc1NC(=O)c1cc(S(=O)(=O)N(C)c2ccccc2OC)ccc1C. The highest BCUT2D eigenvalue weighted by molar-refractivity contribution is 7.92. The molecule has 0 aliphatic rings. The maximum absolute atomic E-state index is 13.3. The number of nitrogens with one attached hydrogen (secondary N) is 1. The lowest BCUT2D eigenvalue weighted by Gasteiger charge is -2.22. The summed E-state index contributed by atoms with van der Waals surface area (Å²) in [5.41, 5.74) is 0.782. The molecule has 178 valence electrons. The second kappa shape index (κ2) is 9.79. The Morgan fingerprint density at radius 2 is 1.68 bits per heavy atom. The van der Waals surface area contributed by atoms with Gasteiger partial charge in [0.1, 0.15) is 11.5 Å². The van der Waals surface area contributed by atoms with Crippen LogP contribution in [0.3, 0.4) is 0 Å². The Kier molecular flexibility index (Phi) is 7.06. The number of methoxy groups -OCH3 is 2. The number of amides is 1. The molecule has 0 aliphatic heterocycles. The molecular weight excluding hydrogens is 462 g/mol. The van der Waals surface area contributed by atoms with Crippen molar-refractivity contribution >= 4 is 33.0 Å². The van der Waals surface area contributed by atoms with Gasteiger partial charge in [0.05, 0.1) is 35.4 Å². The third-order valence-electron chi connectivity index (χ3n) is 5.18. The molecule has 11 heteroatoms. The minimum absolute atomic E-state index is 0.0838. The molecular formula is C23H23N3O7S. The number of benzene rings is 3. The number of nitro groups is 1. The number of para-hydroxylation sites is 2. The molecule has 0 saturated carbocycles. The van der Waals surface area contributed by atoms with Gasteiger partial charge in [-0.05, 0) is 42.8 Å². The Bertz CT molecular complexity index is 1360. The van der Waals surface area contributed by atoms with Gasteiger partial charge in [0.15, 0.2) is 0 Å². The Hall–Kier alpha value is -4.12. The van der Waals surface area contributed by atoms with Gasteiger partial charge in [0, 0.05) is 24.7 Å². The smallest absolute Gasteiger partial charge is 0.271 e. The van der Waals surface area contributed by atoms with Crippen LogP contribution >= 0.6 is 0 Å². The van der Waals surface area contributed by atoms with E-state index in [0.717, 1.165) is 4.31 Å². The van der Waals surface area contributed by atoms with Crippen molar-refractivity contribution in [3.05, 3.63) is 81.9 Å². The predicted molar refractivity (Wildman–Crippen MR) is 127 cm³/mol. The molecule has 0 bridgehead atoms. The highest BCUT2D eigenvalue weighted by Crippen LogP contribution is 2.32. The molecule has 0 fully saturated rings. The van der Waals surface area contributed by atoms with E-state index in [1.165, 1.54) is 57.7 Å². The number of hydrogen-bond acceptors (Lipinski definition) is 7. The number of carbonyl (C=O) groups is 1. The van der Waals surface area contributed by atoms with Crippen LogP contribution in [-0.2, 0) is 10.0 Å². The zero-order valence-corrected chi connectivity index (χ0v) is 19.8. The molecule has 0 aliphatic carbocycles. The number of aryl methyl sites for hydroxylation is 1. The zero-order valence-electron chi connectivity index (χ0n) is 18.9. The first-order valence-corrected chi connectivity index (χ1v) is 11.4. The second-order valence-electron chi connectivity index (χ2n) is 7.22. The van der Waals surface area contributed by atoms with Gasteiger partial charge in [0.25, 0.3) is 21.6 Å². The van der Waals surface area contributed by atoms with Crippen LogP contribution in [0.1, 0.15) is 15.9 Å². The summed E-state index contributed by atoms with van der Waals surface area (Å²) < 4.78 is 38.1. The van der Waals surface area contributed by atoms with E-state index in [1.807, 2.05) is 0 Å². The van der Waals surface area contributed by atoms with Crippen molar-refractivity contribution in [3.63, 3.8) is 0 Å². The van der Waals surface area contributed by atoms with Crippen molar-refractivity contribution in [3.8, 4) is 11.5 Å². The van der Waals surface area contributed by atoms with Crippen molar-refractivity contribution in [1.82, 2.24) is 0 Å². The van der Waals surface area contributed by atoms with Crippen LogP contribution < -0.4 is 19.1 Å². The molecule has 3 rings (SSSR count). The molecule has 3 aromatic rings. The fourth-order valence-electron chi connectivity index (χ4n) is 3.28. The van der Waals surface area contributed by atoms with Gasteiger partial charge >= 0.3 is 0 Å². The summed E-state index contributed by atoms with van der Waals surface area (Å²) in [5, 5.41) is 13.7. The molecule has 34 heavy (non-hydrogen) atoms. The summed E-state index contributed by atoms with van der Waals surface area (Å²) in [7, 11) is 0.152. The minimum atomic E-state index is -4.04. The number of sulfonamides is 1. The number of ether oxygens (including phenoxy) is 2. The van der Waals surface area contributed by atoms with E-state index in [9.17, 15) is 23.3 Å². The van der Waals surface area contributed by atoms with Crippen molar-refractivity contribution in [1.29, 1.82) is 0 Å². The number of anilines is 2. The van der Waals surface area contributed by atoms with Crippen LogP contribution in [0.25, 0.3) is 0 Å². The number of nitro benzene ring substituents is 1. The number of non-ortho nitro benzene ring substituents is 1. The van der Waals surface area contributed by atoms with E-state index >= 15 is 0 Å². The standard InChI is InChI=1S/C23H23N3O7S/c1-15-9-11-17(34(30,31)25(2)20-7-5-6-8-22(20)33-4)14-18(15)23(27)24-19-13-16(26(28)29)10-12-21(19)32-3/h5-14H,1-4H3,(H,24,27). The fraction of sp³-hybridized carbons (Fsp3) is 0.174. The van der Waals surface area contributed by atoms with Gasteiger partial charge in [-0.2, -0.15) is 0 Å². The number of hydrogen-bond donors (Lipinski definition) is 1. The van der Waals surface area contributed by atoms with E-state index in [0.29, 0.717) is 17.0 Å². The van der Waals surface area contributed by atoms with Crippen LogP contribution in [0, 0.1) is 17.0 Å². The lowest BCUT2D eigenvalue weighted by molar-refractivity contribution is -0.384. The van der Waals surface area contributed by atoms with Gasteiger partial charge in [-0.15, -0.1) is 0 Å². The average molecular weight is 486 g/mol. The Labute approximate surface area is 196 Å². The highest BCUT2D eigenvalue weighted by Gasteiger charge is 2.25. The molecule has 0 spiro atoms. The van der Waals surface area contributed by atoms with Gasteiger partial charge in [-0.3, -0.25) is 19.2 Å². The van der Waals surface area contributed by atoms with Crippen LogP contribution in [0.2, 0.25) is 0 Å². The minimum Gasteiger partial charge on any atom is -0.495 e. The van der Waals surface area contributed by atoms with E-state index in [2.05, 4.69) is 5.32 Å². The molecule has 0 atom stereocenters. The molecule has 0 heterocycles. The van der Waals surface area contributed by atoms with Crippen LogP contribution in [-0.4, -0.2) is 40.5 Å². The lowest BCUT2D eigenvalue weighted by Crippen LogP contribution is -2.27. The monoisotopic (exact) mass is 485 g/mol. The molecule has 0 unspecified atom stereocenters. The molecule has 0 saturated heterocycles. The van der Waals surface area contributed by atoms with Crippen LogP contribution in [0.15, 0.2) is 65.6 Å². The Balaban J connectivity index is 1.99. The largest absolute Gasteiger partial charge is 0.495 e. The fourth-order valence-corrected chi connectivity index (χ4v) is 4.51. The maximum atomic E-state index is 13.3. The van der Waals surface area contributed by atoms with Crippen molar-refractivity contribution in [2.75, 3.05) is 30.9 Å². The first-order chi connectivity index (χ1) is 16.1. The maximum Gasteiger partial charge on any atom is 0.271 e. The molecule has 3 aromatic carbocycles. The Morgan fingerprint density at radius 3 is 2.32 bits per heavy atom. The number of rotatable bonds is 8.